The predicted octanol–water partition coefficient (Wildman–Crippen LogP) is 2.96. The fraction of sp³-hybridized carbons (Fsp3) is 0.429. The monoisotopic (exact) mass is 417 g/mol. The number of anilines is 1. The van der Waals surface area contributed by atoms with E-state index in [1.165, 1.54) is 17.4 Å². The minimum absolute atomic E-state index is 0.0621. The molecule has 0 atom stereocenters. The van der Waals surface area contributed by atoms with Gasteiger partial charge in [0.15, 0.2) is 11.6 Å². The van der Waals surface area contributed by atoms with Crippen molar-refractivity contribution in [2.45, 2.75) is 38.2 Å². The van der Waals surface area contributed by atoms with Crippen molar-refractivity contribution >= 4 is 28.2 Å². The molecule has 8 heteroatoms. The first kappa shape index (κ1) is 19.8. The number of thiophene rings is 1. The van der Waals surface area contributed by atoms with Gasteiger partial charge in [0.25, 0.3) is 5.91 Å². The number of aryl methyl sites for hydroxylation is 1. The van der Waals surface area contributed by atoms with Gasteiger partial charge in [-0.25, -0.2) is 4.39 Å². The highest BCUT2D eigenvalue weighted by Crippen LogP contribution is 2.38. The van der Waals surface area contributed by atoms with Gasteiger partial charge in [-0.15, -0.1) is 11.3 Å². The number of likely N-dealkylation sites (tertiary alicyclic amines) is 1. The second kappa shape index (κ2) is 8.51. The minimum Gasteiger partial charge on any atom is -0.487 e. The summed E-state index contributed by atoms with van der Waals surface area (Å²) in [5.74, 6) is -0.720. The Morgan fingerprint density at radius 3 is 2.72 bits per heavy atom. The van der Waals surface area contributed by atoms with Crippen LogP contribution in [-0.4, -0.2) is 42.5 Å². The van der Waals surface area contributed by atoms with Crippen molar-refractivity contribution in [3.63, 3.8) is 0 Å². The van der Waals surface area contributed by atoms with Crippen LogP contribution in [0.5, 0.6) is 5.75 Å². The lowest BCUT2D eigenvalue weighted by atomic mass is 10.1. The SMILES string of the molecule is NC(=O)c1c(NC(=O)CN2CCC(Oc3ccccc3F)CC2)sc2c1CCC2. The van der Waals surface area contributed by atoms with Gasteiger partial charge in [-0.2, -0.15) is 0 Å². The first-order valence-electron chi connectivity index (χ1n) is 9.89. The predicted molar refractivity (Wildman–Crippen MR) is 110 cm³/mol. The van der Waals surface area contributed by atoms with Crippen molar-refractivity contribution in [3.8, 4) is 5.75 Å². The van der Waals surface area contributed by atoms with Crippen molar-refractivity contribution in [1.82, 2.24) is 4.90 Å². The van der Waals surface area contributed by atoms with Gasteiger partial charge in [-0.1, -0.05) is 12.1 Å². The van der Waals surface area contributed by atoms with Gasteiger partial charge < -0.3 is 15.8 Å². The number of carbonyl (C=O) groups excluding carboxylic acids is 2. The van der Waals surface area contributed by atoms with Crippen molar-refractivity contribution in [2.24, 2.45) is 5.73 Å². The third kappa shape index (κ3) is 4.43. The van der Waals surface area contributed by atoms with Crippen LogP contribution in [0.1, 0.15) is 40.1 Å². The van der Waals surface area contributed by atoms with E-state index in [9.17, 15) is 14.0 Å². The van der Waals surface area contributed by atoms with Gasteiger partial charge in [0.2, 0.25) is 5.91 Å². The Bertz CT molecular complexity index is 922. The quantitative estimate of drug-likeness (QED) is 0.757. The molecule has 2 amide bonds. The van der Waals surface area contributed by atoms with Crippen LogP contribution in [0.25, 0.3) is 0 Å². The number of amides is 2. The van der Waals surface area contributed by atoms with Crippen LogP contribution < -0.4 is 15.8 Å². The van der Waals surface area contributed by atoms with E-state index < -0.39 is 5.91 Å². The van der Waals surface area contributed by atoms with E-state index in [1.807, 2.05) is 4.90 Å². The number of para-hydroxylation sites is 1. The third-order valence-electron chi connectivity index (χ3n) is 5.45. The summed E-state index contributed by atoms with van der Waals surface area (Å²) in [6.45, 7) is 1.62. The fourth-order valence-corrected chi connectivity index (χ4v) is 5.34. The number of nitrogens with two attached hydrogens (primary N) is 1. The number of nitrogens with zero attached hydrogens (tertiary/aromatic N) is 1. The molecule has 4 rings (SSSR count). The molecular weight excluding hydrogens is 393 g/mol. The summed E-state index contributed by atoms with van der Waals surface area (Å²) in [5, 5.41) is 3.46. The van der Waals surface area contributed by atoms with Crippen LogP contribution in [-0.2, 0) is 17.6 Å². The molecule has 1 saturated heterocycles. The standard InChI is InChI=1S/C21H24FN3O3S/c22-15-5-1-2-6-16(15)28-13-8-10-25(11-9-13)12-18(26)24-21-19(20(23)27)14-4-3-7-17(14)29-21/h1-2,5-6,13H,3-4,7-12H2,(H2,23,27)(H,24,26). The summed E-state index contributed by atoms with van der Waals surface area (Å²) in [6, 6.07) is 6.40. The Morgan fingerprint density at radius 1 is 1.24 bits per heavy atom. The third-order valence-corrected chi connectivity index (χ3v) is 6.66. The number of fused-ring (bicyclic) bond motifs is 1. The number of halogens is 1. The largest absolute Gasteiger partial charge is 0.487 e. The molecule has 0 bridgehead atoms. The summed E-state index contributed by atoms with van der Waals surface area (Å²) in [6.07, 6.45) is 4.19. The lowest BCUT2D eigenvalue weighted by Gasteiger charge is -2.31. The highest BCUT2D eigenvalue weighted by atomic mass is 32.1. The van der Waals surface area contributed by atoms with E-state index in [4.69, 9.17) is 10.5 Å². The zero-order chi connectivity index (χ0) is 20.4. The average Bonchev–Trinajstić information content (AvgIpc) is 3.25. The van der Waals surface area contributed by atoms with Crippen LogP contribution in [0.3, 0.4) is 0 Å². The molecule has 0 spiro atoms. The smallest absolute Gasteiger partial charge is 0.251 e. The number of carbonyl (C=O) groups is 2. The molecule has 0 unspecified atom stereocenters. The molecular formula is C21H24FN3O3S. The molecule has 154 valence electrons. The van der Waals surface area contributed by atoms with Crippen molar-refractivity contribution in [2.75, 3.05) is 25.0 Å². The lowest BCUT2D eigenvalue weighted by molar-refractivity contribution is -0.117. The summed E-state index contributed by atoms with van der Waals surface area (Å²) in [5.41, 5.74) is 7.03. The molecule has 0 saturated carbocycles. The van der Waals surface area contributed by atoms with E-state index in [2.05, 4.69) is 5.32 Å². The average molecular weight is 418 g/mol. The number of nitrogens with one attached hydrogen (secondary N) is 1. The number of ether oxygens (including phenoxy) is 1. The van der Waals surface area contributed by atoms with Crippen LogP contribution in [0, 0.1) is 5.82 Å². The van der Waals surface area contributed by atoms with Crippen molar-refractivity contribution in [1.29, 1.82) is 0 Å². The van der Waals surface area contributed by atoms with E-state index in [0.29, 0.717) is 23.7 Å². The molecule has 0 radical (unpaired) electrons. The van der Waals surface area contributed by atoms with E-state index in [-0.39, 0.29) is 30.1 Å². The summed E-state index contributed by atoms with van der Waals surface area (Å²) in [7, 11) is 0. The second-order valence-corrected chi connectivity index (χ2v) is 8.60. The van der Waals surface area contributed by atoms with Gasteiger partial charge in [0.05, 0.1) is 12.1 Å². The highest BCUT2D eigenvalue weighted by Gasteiger charge is 2.27. The molecule has 6 nitrogen and oxygen atoms in total. The van der Waals surface area contributed by atoms with Crippen LogP contribution >= 0.6 is 11.3 Å². The van der Waals surface area contributed by atoms with Crippen molar-refractivity contribution < 1.29 is 18.7 Å². The molecule has 1 aromatic heterocycles. The number of piperidine rings is 1. The van der Waals surface area contributed by atoms with Crippen LogP contribution in [0.15, 0.2) is 24.3 Å². The van der Waals surface area contributed by atoms with Gasteiger partial charge >= 0.3 is 0 Å². The lowest BCUT2D eigenvalue weighted by Crippen LogP contribution is -2.42. The minimum atomic E-state index is -0.481. The Morgan fingerprint density at radius 2 is 2.00 bits per heavy atom. The number of primary amides is 1. The number of hydrogen-bond acceptors (Lipinski definition) is 5. The van der Waals surface area contributed by atoms with Gasteiger partial charge in [-0.05, 0) is 49.8 Å². The first-order chi connectivity index (χ1) is 14.0. The summed E-state index contributed by atoms with van der Waals surface area (Å²) in [4.78, 5) is 27.6. The summed E-state index contributed by atoms with van der Waals surface area (Å²) >= 11 is 1.46. The maximum atomic E-state index is 13.7. The van der Waals surface area contributed by atoms with Crippen LogP contribution in [0.2, 0.25) is 0 Å². The molecule has 2 aliphatic rings. The molecule has 29 heavy (non-hydrogen) atoms. The Balaban J connectivity index is 1.30. The molecule has 1 aliphatic carbocycles. The molecule has 2 aromatic rings. The maximum Gasteiger partial charge on any atom is 0.251 e. The Hall–Kier alpha value is -2.45. The zero-order valence-electron chi connectivity index (χ0n) is 16.1. The number of hydrogen-bond donors (Lipinski definition) is 2. The normalized spacial score (nSPS) is 17.1. The van der Waals surface area contributed by atoms with Gasteiger partial charge in [0, 0.05) is 18.0 Å². The fourth-order valence-electron chi connectivity index (χ4n) is 4.03. The number of rotatable bonds is 6. The van der Waals surface area contributed by atoms with Gasteiger partial charge in [-0.3, -0.25) is 14.5 Å². The molecule has 1 fully saturated rings. The Kier molecular flexibility index (Phi) is 5.82. The molecule has 1 aromatic carbocycles. The molecule has 1 aliphatic heterocycles. The second-order valence-electron chi connectivity index (χ2n) is 7.50. The van der Waals surface area contributed by atoms with Crippen molar-refractivity contribution in [3.05, 3.63) is 46.1 Å². The van der Waals surface area contributed by atoms with Gasteiger partial charge in [0.1, 0.15) is 11.1 Å². The zero-order valence-corrected chi connectivity index (χ0v) is 16.9. The Labute approximate surface area is 172 Å². The van der Waals surface area contributed by atoms with E-state index in [1.54, 1.807) is 18.2 Å². The summed E-state index contributed by atoms with van der Waals surface area (Å²) < 4.78 is 19.5. The van der Waals surface area contributed by atoms with E-state index >= 15 is 0 Å². The van der Waals surface area contributed by atoms with Crippen LogP contribution in [0.4, 0.5) is 9.39 Å². The first-order valence-corrected chi connectivity index (χ1v) is 10.7. The number of benzene rings is 1. The molecule has 2 heterocycles. The maximum absolute atomic E-state index is 13.7. The molecule has 3 N–H and O–H groups in total. The highest BCUT2D eigenvalue weighted by molar-refractivity contribution is 7.17. The topological polar surface area (TPSA) is 84.7 Å². The van der Waals surface area contributed by atoms with E-state index in [0.717, 1.165) is 42.5 Å².